The van der Waals surface area contributed by atoms with E-state index in [4.69, 9.17) is 10.5 Å². The van der Waals surface area contributed by atoms with Gasteiger partial charge < -0.3 is 10.5 Å². The first-order chi connectivity index (χ1) is 7.88. The van der Waals surface area contributed by atoms with Crippen molar-refractivity contribution < 1.29 is 13.2 Å². The lowest BCUT2D eigenvalue weighted by atomic mass is 10.3. The van der Waals surface area contributed by atoms with Crippen LogP contribution in [0.15, 0.2) is 23.1 Å². The first-order valence-corrected chi connectivity index (χ1v) is 7.31. The van der Waals surface area contributed by atoms with Gasteiger partial charge in [0.05, 0.1) is 22.4 Å². The van der Waals surface area contributed by atoms with Crippen molar-refractivity contribution in [1.29, 1.82) is 0 Å². The first kappa shape index (κ1) is 13.8. The normalized spacial score (nSPS) is 11.8. The molecule has 4 nitrogen and oxygen atoms in total. The highest BCUT2D eigenvalue weighted by atomic mass is 32.2. The molecule has 0 unspecified atom stereocenters. The molecule has 1 rings (SSSR count). The fourth-order valence-corrected chi connectivity index (χ4v) is 3.01. The summed E-state index contributed by atoms with van der Waals surface area (Å²) in [6.45, 7) is 5.56. The van der Waals surface area contributed by atoms with Crippen LogP contribution in [-0.4, -0.2) is 20.3 Å². The maximum atomic E-state index is 12.0. The number of nitrogens with two attached hydrogens (primary N) is 1. The van der Waals surface area contributed by atoms with Gasteiger partial charge in [0, 0.05) is 0 Å². The summed E-state index contributed by atoms with van der Waals surface area (Å²) in [6.07, 6.45) is 0.526. The maximum absolute atomic E-state index is 12.0. The van der Waals surface area contributed by atoms with E-state index in [0.29, 0.717) is 12.2 Å². The molecule has 0 bridgehead atoms. The third kappa shape index (κ3) is 3.36. The average Bonchev–Trinajstić information content (AvgIpc) is 2.20. The van der Waals surface area contributed by atoms with Gasteiger partial charge in [-0.15, -0.1) is 0 Å². The Hall–Kier alpha value is -1.23. The van der Waals surface area contributed by atoms with Crippen molar-refractivity contribution in [3.63, 3.8) is 0 Å². The Kier molecular flexibility index (Phi) is 4.40. The monoisotopic (exact) mass is 257 g/mol. The number of benzene rings is 1. The van der Waals surface area contributed by atoms with Gasteiger partial charge in [-0.2, -0.15) is 0 Å². The summed E-state index contributed by atoms with van der Waals surface area (Å²) in [5.41, 5.74) is 6.05. The van der Waals surface area contributed by atoms with Crippen LogP contribution in [0.1, 0.15) is 27.2 Å². The van der Waals surface area contributed by atoms with Gasteiger partial charge in [0.2, 0.25) is 0 Å². The lowest BCUT2D eigenvalue weighted by Crippen LogP contribution is -2.12. The largest absolute Gasteiger partial charge is 0.489 e. The van der Waals surface area contributed by atoms with Crippen LogP contribution in [0.2, 0.25) is 0 Å². The van der Waals surface area contributed by atoms with E-state index in [-0.39, 0.29) is 22.4 Å². The molecule has 0 atom stereocenters. The minimum absolute atomic E-state index is 0.0403. The Morgan fingerprint density at radius 2 is 2.00 bits per heavy atom. The molecule has 0 amide bonds. The molecule has 17 heavy (non-hydrogen) atoms. The summed E-state index contributed by atoms with van der Waals surface area (Å²) in [5, 5.41) is 0. The summed E-state index contributed by atoms with van der Waals surface area (Å²) >= 11 is 0. The quantitative estimate of drug-likeness (QED) is 0.821. The molecule has 2 N–H and O–H groups in total. The van der Waals surface area contributed by atoms with Gasteiger partial charge in [-0.1, -0.05) is 13.0 Å². The summed E-state index contributed by atoms with van der Waals surface area (Å²) in [5.74, 6) is 0.527. The number of sulfone groups is 1. The van der Waals surface area contributed by atoms with Gasteiger partial charge in [-0.3, -0.25) is 0 Å². The fraction of sp³-hybridized carbons (Fsp3) is 0.500. The SMILES string of the molecule is CCCS(=O)(=O)c1cccc(OC(C)C)c1N. The topological polar surface area (TPSA) is 69.4 Å². The van der Waals surface area contributed by atoms with E-state index in [0.717, 1.165) is 0 Å². The standard InChI is InChI=1S/C12H19NO3S/c1-4-8-17(14,15)11-7-5-6-10(12(11)13)16-9(2)3/h5-7,9H,4,8,13H2,1-3H3. The number of rotatable bonds is 5. The molecule has 96 valence electrons. The van der Waals surface area contributed by atoms with Gasteiger partial charge in [0.1, 0.15) is 5.75 Å². The summed E-state index contributed by atoms with van der Waals surface area (Å²) < 4.78 is 29.4. The minimum atomic E-state index is -3.30. The molecule has 0 fully saturated rings. The third-order valence-electron chi connectivity index (χ3n) is 2.20. The van der Waals surface area contributed by atoms with Crippen molar-refractivity contribution >= 4 is 15.5 Å². The zero-order valence-electron chi connectivity index (χ0n) is 10.4. The van der Waals surface area contributed by atoms with E-state index in [1.54, 1.807) is 12.1 Å². The Labute approximate surface area is 103 Å². The molecular weight excluding hydrogens is 238 g/mol. The van der Waals surface area contributed by atoms with Crippen LogP contribution in [0.4, 0.5) is 5.69 Å². The average molecular weight is 257 g/mol. The van der Waals surface area contributed by atoms with Crippen molar-refractivity contribution in [1.82, 2.24) is 0 Å². The molecule has 0 aliphatic carbocycles. The zero-order valence-corrected chi connectivity index (χ0v) is 11.3. The van der Waals surface area contributed by atoms with Gasteiger partial charge in [0.15, 0.2) is 9.84 Å². The molecule has 5 heteroatoms. The molecular formula is C12H19NO3S. The van der Waals surface area contributed by atoms with E-state index < -0.39 is 9.84 Å². The van der Waals surface area contributed by atoms with Crippen LogP contribution in [0, 0.1) is 0 Å². The number of anilines is 1. The first-order valence-electron chi connectivity index (χ1n) is 5.66. The number of hydrogen-bond acceptors (Lipinski definition) is 4. The molecule has 0 saturated heterocycles. The van der Waals surface area contributed by atoms with E-state index in [2.05, 4.69) is 0 Å². The third-order valence-corrected chi connectivity index (χ3v) is 4.17. The smallest absolute Gasteiger partial charge is 0.180 e. The second kappa shape index (κ2) is 5.40. The van der Waals surface area contributed by atoms with Gasteiger partial charge in [0.25, 0.3) is 0 Å². The number of nitrogen functional groups attached to an aromatic ring is 1. The molecule has 0 heterocycles. The van der Waals surface area contributed by atoms with E-state index in [1.807, 2.05) is 20.8 Å². The molecule has 0 radical (unpaired) electrons. The van der Waals surface area contributed by atoms with Gasteiger partial charge in [-0.25, -0.2) is 8.42 Å². The highest BCUT2D eigenvalue weighted by Crippen LogP contribution is 2.30. The maximum Gasteiger partial charge on any atom is 0.180 e. The van der Waals surface area contributed by atoms with E-state index in [1.165, 1.54) is 6.07 Å². The van der Waals surface area contributed by atoms with Crippen molar-refractivity contribution in [2.24, 2.45) is 0 Å². The van der Waals surface area contributed by atoms with Gasteiger partial charge >= 0.3 is 0 Å². The Morgan fingerprint density at radius 3 is 2.53 bits per heavy atom. The summed E-state index contributed by atoms with van der Waals surface area (Å²) in [7, 11) is -3.30. The molecule has 0 spiro atoms. The second-order valence-electron chi connectivity index (χ2n) is 4.15. The van der Waals surface area contributed by atoms with Crippen LogP contribution < -0.4 is 10.5 Å². The lowest BCUT2D eigenvalue weighted by Gasteiger charge is -2.14. The van der Waals surface area contributed by atoms with Crippen LogP contribution in [-0.2, 0) is 9.84 Å². The molecule has 1 aromatic carbocycles. The number of para-hydroxylation sites is 1. The fourth-order valence-electron chi connectivity index (χ4n) is 1.53. The van der Waals surface area contributed by atoms with Crippen LogP contribution in [0.3, 0.4) is 0 Å². The zero-order chi connectivity index (χ0) is 13.1. The number of ether oxygens (including phenoxy) is 1. The van der Waals surface area contributed by atoms with Crippen molar-refractivity contribution in [3.05, 3.63) is 18.2 Å². The number of hydrogen-bond donors (Lipinski definition) is 1. The molecule has 1 aromatic rings. The molecule has 0 aromatic heterocycles. The molecule has 0 aliphatic rings. The van der Waals surface area contributed by atoms with Gasteiger partial charge in [-0.05, 0) is 32.4 Å². The predicted octanol–water partition coefficient (Wildman–Crippen LogP) is 2.24. The predicted molar refractivity (Wildman–Crippen MR) is 69.0 cm³/mol. The van der Waals surface area contributed by atoms with Crippen molar-refractivity contribution in [2.75, 3.05) is 11.5 Å². The Bertz CT molecular complexity index is 481. The molecule has 0 aliphatic heterocycles. The summed E-state index contributed by atoms with van der Waals surface area (Å²) in [4.78, 5) is 0.164. The van der Waals surface area contributed by atoms with E-state index >= 15 is 0 Å². The van der Waals surface area contributed by atoms with Crippen LogP contribution in [0.5, 0.6) is 5.75 Å². The molecule has 0 saturated carbocycles. The summed E-state index contributed by atoms with van der Waals surface area (Å²) in [6, 6.07) is 4.85. The van der Waals surface area contributed by atoms with Crippen molar-refractivity contribution in [3.8, 4) is 5.75 Å². The Balaban J connectivity index is 3.19. The highest BCUT2D eigenvalue weighted by molar-refractivity contribution is 7.91. The van der Waals surface area contributed by atoms with Crippen LogP contribution in [0.25, 0.3) is 0 Å². The highest BCUT2D eigenvalue weighted by Gasteiger charge is 2.19. The Morgan fingerprint density at radius 1 is 1.35 bits per heavy atom. The van der Waals surface area contributed by atoms with E-state index in [9.17, 15) is 8.42 Å². The van der Waals surface area contributed by atoms with Crippen LogP contribution >= 0.6 is 0 Å². The minimum Gasteiger partial charge on any atom is -0.489 e. The second-order valence-corrected chi connectivity index (χ2v) is 6.23. The van der Waals surface area contributed by atoms with Crippen molar-refractivity contribution in [2.45, 2.75) is 38.2 Å². The lowest BCUT2D eigenvalue weighted by molar-refractivity contribution is 0.243.